The maximum atomic E-state index is 13.1. The van der Waals surface area contributed by atoms with E-state index < -0.39 is 0 Å². The van der Waals surface area contributed by atoms with E-state index in [4.69, 9.17) is 14.5 Å². The van der Waals surface area contributed by atoms with Gasteiger partial charge in [-0.3, -0.25) is 9.36 Å². The Morgan fingerprint density at radius 2 is 1.72 bits per heavy atom. The number of halogens is 1. The summed E-state index contributed by atoms with van der Waals surface area (Å²) >= 11 is 3.34. The van der Waals surface area contributed by atoms with E-state index in [1.165, 1.54) is 4.57 Å². The summed E-state index contributed by atoms with van der Waals surface area (Å²) in [5.74, 6) is 2.63. The van der Waals surface area contributed by atoms with Crippen molar-refractivity contribution >= 4 is 32.8 Å². The molecule has 180 valence electrons. The second kappa shape index (κ2) is 10.2. The molecule has 9 heteroatoms. The highest BCUT2D eigenvalue weighted by atomic mass is 79.9. The highest BCUT2D eigenvalue weighted by Gasteiger charge is 2.12. The van der Waals surface area contributed by atoms with Gasteiger partial charge in [0.05, 0.1) is 23.9 Å². The fourth-order valence-corrected chi connectivity index (χ4v) is 4.05. The second-order valence-corrected chi connectivity index (χ2v) is 8.84. The van der Waals surface area contributed by atoms with E-state index in [2.05, 4.69) is 31.2 Å². The molecule has 0 amide bonds. The normalized spacial score (nSPS) is 10.9. The standard InChI is InChI=1S/C27H22BrN5O3/c1-33-26(34)22(16-31-27(33)30-15-17-3-6-19(35-2)7-4-17)24-9-5-18-13-20(8-10-23(18)32-24)36-21-11-12-29-25(28)14-21/h3-14,16H,15H2,1-2H3,(H,30,31). The van der Waals surface area contributed by atoms with Crippen LogP contribution in [-0.2, 0) is 13.6 Å². The number of pyridine rings is 2. The van der Waals surface area contributed by atoms with Crippen molar-refractivity contribution in [1.82, 2.24) is 19.5 Å². The van der Waals surface area contributed by atoms with Gasteiger partial charge in [-0.25, -0.2) is 15.0 Å². The summed E-state index contributed by atoms with van der Waals surface area (Å²) in [6, 6.07) is 20.6. The van der Waals surface area contributed by atoms with Crippen LogP contribution in [0.4, 0.5) is 5.95 Å². The van der Waals surface area contributed by atoms with Gasteiger partial charge >= 0.3 is 0 Å². The number of anilines is 1. The maximum Gasteiger partial charge on any atom is 0.264 e. The number of rotatable bonds is 7. The summed E-state index contributed by atoms with van der Waals surface area (Å²) in [5, 5.41) is 4.11. The first-order valence-corrected chi connectivity index (χ1v) is 11.9. The number of nitrogens with one attached hydrogen (secondary N) is 1. The molecule has 3 heterocycles. The van der Waals surface area contributed by atoms with Gasteiger partial charge in [0.2, 0.25) is 5.95 Å². The third-order valence-corrected chi connectivity index (χ3v) is 6.08. The Hall–Kier alpha value is -4.24. The predicted octanol–water partition coefficient (Wildman–Crippen LogP) is 5.57. The van der Waals surface area contributed by atoms with Crippen molar-refractivity contribution in [3.63, 3.8) is 0 Å². The first-order valence-electron chi connectivity index (χ1n) is 11.1. The molecule has 0 bridgehead atoms. The van der Waals surface area contributed by atoms with Crippen LogP contribution < -0.4 is 20.3 Å². The zero-order valence-corrected chi connectivity index (χ0v) is 21.2. The van der Waals surface area contributed by atoms with Crippen molar-refractivity contribution in [3.8, 4) is 28.5 Å². The molecule has 0 spiro atoms. The Morgan fingerprint density at radius 1 is 0.944 bits per heavy atom. The second-order valence-electron chi connectivity index (χ2n) is 8.03. The molecule has 0 atom stereocenters. The van der Waals surface area contributed by atoms with Crippen LogP contribution in [0.5, 0.6) is 17.2 Å². The van der Waals surface area contributed by atoms with Crippen LogP contribution in [0.2, 0.25) is 0 Å². The van der Waals surface area contributed by atoms with Crippen molar-refractivity contribution in [2.24, 2.45) is 7.05 Å². The van der Waals surface area contributed by atoms with Gasteiger partial charge < -0.3 is 14.8 Å². The fraction of sp³-hybridized carbons (Fsp3) is 0.111. The lowest BCUT2D eigenvalue weighted by Gasteiger charge is -2.12. The minimum absolute atomic E-state index is 0.183. The molecular weight excluding hydrogens is 522 g/mol. The SMILES string of the molecule is COc1ccc(CNc2ncc(-c3ccc4cc(Oc5ccnc(Br)c5)ccc4n3)c(=O)n2C)cc1. The van der Waals surface area contributed by atoms with Crippen molar-refractivity contribution in [2.45, 2.75) is 6.54 Å². The Morgan fingerprint density at radius 3 is 2.50 bits per heavy atom. The van der Waals surface area contributed by atoms with Gasteiger partial charge in [-0.1, -0.05) is 18.2 Å². The smallest absolute Gasteiger partial charge is 0.264 e. The Kier molecular flexibility index (Phi) is 6.64. The highest BCUT2D eigenvalue weighted by molar-refractivity contribution is 9.10. The molecular formula is C27H22BrN5O3. The minimum atomic E-state index is -0.183. The molecule has 0 aliphatic carbocycles. The van der Waals surface area contributed by atoms with E-state index in [0.29, 0.717) is 39.9 Å². The van der Waals surface area contributed by atoms with Crippen LogP contribution in [0, 0.1) is 0 Å². The van der Waals surface area contributed by atoms with Crippen LogP contribution in [0.3, 0.4) is 0 Å². The fourth-order valence-electron chi connectivity index (χ4n) is 3.71. The number of ether oxygens (including phenoxy) is 2. The van der Waals surface area contributed by atoms with Gasteiger partial charge in [-0.2, -0.15) is 0 Å². The zero-order chi connectivity index (χ0) is 25.1. The average molecular weight is 544 g/mol. The molecule has 2 aromatic carbocycles. The first kappa shape index (κ1) is 23.5. The minimum Gasteiger partial charge on any atom is -0.497 e. The summed E-state index contributed by atoms with van der Waals surface area (Å²) in [5.41, 5.74) is 2.60. The average Bonchev–Trinajstić information content (AvgIpc) is 2.89. The van der Waals surface area contributed by atoms with Gasteiger partial charge in [-0.15, -0.1) is 0 Å². The zero-order valence-electron chi connectivity index (χ0n) is 19.6. The van der Waals surface area contributed by atoms with E-state index >= 15 is 0 Å². The van der Waals surface area contributed by atoms with Gasteiger partial charge in [0, 0.05) is 37.4 Å². The Labute approximate surface area is 215 Å². The van der Waals surface area contributed by atoms with Crippen molar-refractivity contribution in [3.05, 3.63) is 99.6 Å². The van der Waals surface area contributed by atoms with Gasteiger partial charge in [0.15, 0.2) is 0 Å². The largest absolute Gasteiger partial charge is 0.497 e. The third kappa shape index (κ3) is 5.06. The van der Waals surface area contributed by atoms with Gasteiger partial charge in [0.25, 0.3) is 5.56 Å². The number of benzene rings is 2. The van der Waals surface area contributed by atoms with Crippen LogP contribution in [0.1, 0.15) is 5.56 Å². The number of hydrogen-bond acceptors (Lipinski definition) is 7. The Balaban J connectivity index is 1.35. The number of fused-ring (bicyclic) bond motifs is 1. The molecule has 0 aliphatic heterocycles. The highest BCUT2D eigenvalue weighted by Crippen LogP contribution is 2.27. The molecule has 1 N–H and O–H groups in total. The Bertz CT molecular complexity index is 1600. The van der Waals surface area contributed by atoms with Crippen LogP contribution in [-0.4, -0.2) is 26.6 Å². The quantitative estimate of drug-likeness (QED) is 0.268. The molecule has 36 heavy (non-hydrogen) atoms. The van der Waals surface area contributed by atoms with E-state index in [0.717, 1.165) is 22.2 Å². The maximum absolute atomic E-state index is 13.1. The van der Waals surface area contributed by atoms with Gasteiger partial charge in [0.1, 0.15) is 21.9 Å². The number of nitrogens with zero attached hydrogens (tertiary/aromatic N) is 4. The van der Waals surface area contributed by atoms with Crippen molar-refractivity contribution in [1.29, 1.82) is 0 Å². The van der Waals surface area contributed by atoms with Crippen LogP contribution in [0.15, 0.2) is 88.5 Å². The van der Waals surface area contributed by atoms with E-state index in [9.17, 15) is 4.79 Å². The molecule has 0 fully saturated rings. The summed E-state index contributed by atoms with van der Waals surface area (Å²) in [4.78, 5) is 26.4. The summed E-state index contributed by atoms with van der Waals surface area (Å²) in [6.45, 7) is 0.526. The van der Waals surface area contributed by atoms with E-state index in [1.54, 1.807) is 38.7 Å². The number of hydrogen-bond donors (Lipinski definition) is 1. The first-order chi connectivity index (χ1) is 17.5. The lowest BCUT2D eigenvalue weighted by atomic mass is 10.1. The topological polar surface area (TPSA) is 91.2 Å². The van der Waals surface area contributed by atoms with Gasteiger partial charge in [-0.05, 0) is 64.0 Å². The van der Waals surface area contributed by atoms with Crippen molar-refractivity contribution in [2.75, 3.05) is 12.4 Å². The molecule has 5 rings (SSSR count). The molecule has 8 nitrogen and oxygen atoms in total. The summed E-state index contributed by atoms with van der Waals surface area (Å²) in [7, 11) is 3.32. The molecule has 0 radical (unpaired) electrons. The molecule has 0 aliphatic rings. The molecule has 5 aromatic rings. The lowest BCUT2D eigenvalue weighted by molar-refractivity contribution is 0.414. The number of aromatic nitrogens is 4. The summed E-state index contributed by atoms with van der Waals surface area (Å²) in [6.07, 6.45) is 3.23. The monoisotopic (exact) mass is 543 g/mol. The number of methoxy groups -OCH3 is 1. The predicted molar refractivity (Wildman–Crippen MR) is 143 cm³/mol. The third-order valence-electron chi connectivity index (χ3n) is 5.65. The van der Waals surface area contributed by atoms with E-state index in [-0.39, 0.29) is 5.56 Å². The molecule has 3 aromatic heterocycles. The van der Waals surface area contributed by atoms with Crippen LogP contribution >= 0.6 is 15.9 Å². The molecule has 0 saturated heterocycles. The summed E-state index contributed by atoms with van der Waals surface area (Å²) < 4.78 is 13.3. The van der Waals surface area contributed by atoms with Crippen molar-refractivity contribution < 1.29 is 9.47 Å². The molecule has 0 unspecified atom stereocenters. The molecule has 0 saturated carbocycles. The van der Waals surface area contributed by atoms with Crippen LogP contribution in [0.25, 0.3) is 22.2 Å². The van der Waals surface area contributed by atoms with E-state index in [1.807, 2.05) is 54.6 Å². The lowest BCUT2D eigenvalue weighted by Crippen LogP contribution is -2.23.